The quantitative estimate of drug-likeness (QED) is 0.514. The molecule has 0 aliphatic heterocycles. The predicted octanol–water partition coefficient (Wildman–Crippen LogP) is 4.56. The normalized spacial score (nSPS) is 21.1. The van der Waals surface area contributed by atoms with E-state index in [-0.39, 0.29) is 17.6 Å². The maximum atomic E-state index is 10.8. The van der Waals surface area contributed by atoms with Crippen molar-refractivity contribution in [2.75, 3.05) is 0 Å². The molecular formula is C22H32O6S. The first-order valence-corrected chi connectivity index (χ1v) is 10.8. The van der Waals surface area contributed by atoms with Crippen molar-refractivity contribution in [2.45, 2.75) is 77.4 Å². The van der Waals surface area contributed by atoms with E-state index in [4.69, 9.17) is 23.4 Å². The summed E-state index contributed by atoms with van der Waals surface area (Å²) >= 11 is -2.20. The number of ether oxygens (including phenoxy) is 1. The van der Waals surface area contributed by atoms with E-state index in [2.05, 4.69) is 51.5 Å². The van der Waals surface area contributed by atoms with E-state index in [1.807, 2.05) is 6.92 Å². The lowest BCUT2D eigenvalue weighted by molar-refractivity contribution is -0.130. The summed E-state index contributed by atoms with van der Waals surface area (Å²) < 4.78 is 30.9. The number of rotatable bonds is 6. The maximum absolute atomic E-state index is 10.8. The van der Waals surface area contributed by atoms with Crippen molar-refractivity contribution in [1.29, 1.82) is 0 Å². The van der Waals surface area contributed by atoms with Gasteiger partial charge >= 0.3 is 17.3 Å². The van der Waals surface area contributed by atoms with Crippen LogP contribution >= 0.6 is 0 Å². The summed E-state index contributed by atoms with van der Waals surface area (Å²) in [5.74, 6) is 1.49. The Morgan fingerprint density at radius 1 is 1.28 bits per heavy atom. The highest BCUT2D eigenvalue weighted by atomic mass is 32.2. The lowest BCUT2D eigenvalue weighted by atomic mass is 9.83. The summed E-state index contributed by atoms with van der Waals surface area (Å²) in [7, 11) is 0. The van der Waals surface area contributed by atoms with Gasteiger partial charge in [-0.05, 0) is 61.6 Å². The van der Waals surface area contributed by atoms with Crippen LogP contribution in [0, 0.1) is 18.3 Å². The van der Waals surface area contributed by atoms with Crippen LogP contribution in [-0.4, -0.2) is 32.0 Å². The van der Waals surface area contributed by atoms with Crippen LogP contribution in [0.1, 0.15) is 65.4 Å². The monoisotopic (exact) mass is 424 g/mol. The van der Waals surface area contributed by atoms with E-state index in [1.165, 1.54) is 24.3 Å². The third kappa shape index (κ3) is 9.93. The van der Waals surface area contributed by atoms with Gasteiger partial charge in [-0.3, -0.25) is 8.74 Å². The Labute approximate surface area is 176 Å². The number of carbonyl (C=O) groups is 1. The Balaban J connectivity index is 0.000000749. The number of aliphatic carboxylic acids is 1. The molecule has 0 bridgehead atoms. The minimum Gasteiger partial charge on any atom is -0.490 e. The van der Waals surface area contributed by atoms with Gasteiger partial charge in [0, 0.05) is 5.92 Å². The Morgan fingerprint density at radius 3 is 2.31 bits per heavy atom. The topological polar surface area (TPSA) is 93.1 Å². The lowest BCUT2D eigenvalue weighted by Gasteiger charge is -2.33. The van der Waals surface area contributed by atoms with E-state index >= 15 is 0 Å². The highest BCUT2D eigenvalue weighted by Gasteiger charge is 2.29. The van der Waals surface area contributed by atoms with Gasteiger partial charge in [0.1, 0.15) is 11.9 Å². The van der Waals surface area contributed by atoms with Crippen LogP contribution in [0.25, 0.3) is 0 Å². The minimum absolute atomic E-state index is 0.138. The molecule has 0 aromatic heterocycles. The second kappa shape index (κ2) is 12.0. The van der Waals surface area contributed by atoms with Crippen molar-refractivity contribution in [3.8, 4) is 18.1 Å². The maximum Gasteiger partial charge on any atom is 0.381 e. The summed E-state index contributed by atoms with van der Waals surface area (Å²) in [4.78, 5) is 9.13. The van der Waals surface area contributed by atoms with Crippen LogP contribution in [0.4, 0.5) is 0 Å². The number of hydrogen-bond acceptors (Lipinski definition) is 4. The molecule has 2 rings (SSSR count). The Hall–Kier alpha value is -1.88. The first-order valence-electron chi connectivity index (χ1n) is 9.77. The smallest absolute Gasteiger partial charge is 0.381 e. The fourth-order valence-electron chi connectivity index (χ4n) is 3.41. The third-order valence-electron chi connectivity index (χ3n) is 4.85. The summed E-state index contributed by atoms with van der Waals surface area (Å²) in [5, 5.41) is 7.49. The van der Waals surface area contributed by atoms with E-state index in [0.29, 0.717) is 5.92 Å². The van der Waals surface area contributed by atoms with Crippen LogP contribution in [-0.2, 0) is 25.8 Å². The molecule has 1 aromatic rings. The molecule has 1 aliphatic rings. The van der Waals surface area contributed by atoms with Crippen LogP contribution in [0.3, 0.4) is 0 Å². The molecule has 0 heterocycles. The van der Waals surface area contributed by atoms with E-state index in [0.717, 1.165) is 25.0 Å². The van der Waals surface area contributed by atoms with Gasteiger partial charge in [-0.2, -0.15) is 4.21 Å². The molecular weight excluding hydrogens is 392 g/mol. The molecule has 0 radical (unpaired) electrons. The van der Waals surface area contributed by atoms with Crippen molar-refractivity contribution < 1.29 is 27.6 Å². The largest absolute Gasteiger partial charge is 0.490 e. The molecule has 4 unspecified atom stereocenters. The summed E-state index contributed by atoms with van der Waals surface area (Å²) in [6.45, 7) is 8.45. The molecule has 0 spiro atoms. The van der Waals surface area contributed by atoms with Gasteiger partial charge in [0.05, 0.1) is 6.10 Å². The highest BCUT2D eigenvalue weighted by molar-refractivity contribution is 7.74. The number of terminal acetylenes is 1. The van der Waals surface area contributed by atoms with Gasteiger partial charge in [0.25, 0.3) is 0 Å². The van der Waals surface area contributed by atoms with Gasteiger partial charge in [-0.25, -0.2) is 4.79 Å². The minimum atomic E-state index is -2.20. The molecule has 1 fully saturated rings. The second-order valence-electron chi connectivity index (χ2n) is 8.28. The van der Waals surface area contributed by atoms with Crippen LogP contribution in [0.2, 0.25) is 0 Å². The molecule has 1 saturated carbocycles. The van der Waals surface area contributed by atoms with Crippen LogP contribution < -0.4 is 4.74 Å². The molecule has 0 saturated heterocycles. The van der Waals surface area contributed by atoms with Crippen molar-refractivity contribution in [3.05, 3.63) is 29.8 Å². The second-order valence-corrected chi connectivity index (χ2v) is 8.91. The first-order chi connectivity index (χ1) is 13.5. The van der Waals surface area contributed by atoms with Gasteiger partial charge in [0.15, 0.2) is 0 Å². The fraction of sp³-hybridized carbons (Fsp3) is 0.591. The van der Waals surface area contributed by atoms with Crippen molar-refractivity contribution in [2.24, 2.45) is 5.92 Å². The predicted molar refractivity (Wildman–Crippen MR) is 114 cm³/mol. The molecule has 7 heteroatoms. The van der Waals surface area contributed by atoms with E-state index < -0.39 is 17.3 Å². The lowest BCUT2D eigenvalue weighted by Crippen LogP contribution is -2.33. The number of benzene rings is 1. The van der Waals surface area contributed by atoms with Crippen molar-refractivity contribution >= 4 is 17.3 Å². The van der Waals surface area contributed by atoms with E-state index in [9.17, 15) is 4.21 Å². The van der Waals surface area contributed by atoms with Crippen molar-refractivity contribution in [1.82, 2.24) is 0 Å². The molecule has 2 N–H and O–H groups in total. The average molecular weight is 425 g/mol. The Kier molecular flexibility index (Phi) is 10.4. The molecule has 0 amide bonds. The molecule has 6 nitrogen and oxygen atoms in total. The molecule has 4 atom stereocenters. The van der Waals surface area contributed by atoms with Crippen molar-refractivity contribution in [3.63, 3.8) is 0 Å². The standard InChI is InChI=1S/C19H30O4S.C3H2O2/c1-14(23-24(20)21)13-15-7-5-6-8-18(15)22-17-11-9-16(10-12-17)19(2,3)4;1-2-3(4)5/h9-12,14-15,18H,5-8,13H2,1-4H3,(H,20,21);1H,(H,4,5). The summed E-state index contributed by atoms with van der Waals surface area (Å²) in [6.07, 6.45) is 9.44. The third-order valence-corrected chi connectivity index (χ3v) is 5.35. The Bertz CT molecular complexity index is 701. The van der Waals surface area contributed by atoms with Gasteiger partial charge in [0.2, 0.25) is 0 Å². The summed E-state index contributed by atoms with van der Waals surface area (Å²) in [6, 6.07) is 8.37. The van der Waals surface area contributed by atoms with Gasteiger partial charge in [-0.15, -0.1) is 6.42 Å². The van der Waals surface area contributed by atoms with Gasteiger partial charge in [-0.1, -0.05) is 39.3 Å². The SMILES string of the molecule is C#CC(=O)O.CC(CC1CCCCC1Oc1ccc(C(C)(C)C)cc1)OS(=O)O. The zero-order valence-corrected chi connectivity index (χ0v) is 18.4. The molecule has 162 valence electrons. The Morgan fingerprint density at radius 2 is 1.83 bits per heavy atom. The molecule has 29 heavy (non-hydrogen) atoms. The zero-order chi connectivity index (χ0) is 22.0. The fourth-order valence-corrected chi connectivity index (χ4v) is 3.77. The van der Waals surface area contributed by atoms with Crippen LogP contribution in [0.5, 0.6) is 5.75 Å². The molecule has 1 aromatic carbocycles. The van der Waals surface area contributed by atoms with Gasteiger partial charge < -0.3 is 9.84 Å². The first kappa shape index (κ1) is 25.2. The van der Waals surface area contributed by atoms with E-state index in [1.54, 1.807) is 0 Å². The number of carboxylic acid groups (broad SMARTS) is 1. The highest BCUT2D eigenvalue weighted by Crippen LogP contribution is 2.33. The molecule has 1 aliphatic carbocycles. The summed E-state index contributed by atoms with van der Waals surface area (Å²) in [5.41, 5.74) is 1.43. The number of hydrogen-bond donors (Lipinski definition) is 2. The average Bonchev–Trinajstić information content (AvgIpc) is 2.63. The van der Waals surface area contributed by atoms with Crippen LogP contribution in [0.15, 0.2) is 24.3 Å². The number of carboxylic acids is 1. The zero-order valence-electron chi connectivity index (χ0n) is 17.6.